The molecule has 1 atom stereocenters. The van der Waals surface area contributed by atoms with Crippen LogP contribution in [0.5, 0.6) is 0 Å². The molecule has 0 rings (SSSR count). The lowest BCUT2D eigenvalue weighted by Gasteiger charge is -2.18. The Morgan fingerprint density at radius 2 is 0.512 bits per heavy atom. The van der Waals surface area contributed by atoms with Crippen LogP contribution in [0.3, 0.4) is 0 Å². The van der Waals surface area contributed by atoms with Crippen LogP contribution in [0.4, 0.5) is 0 Å². The zero-order chi connectivity index (χ0) is 57.8. The fraction of sp³-hybridized carbons (Fsp3) is 0.689. The topological polar surface area (TPSA) is 78.9 Å². The van der Waals surface area contributed by atoms with Gasteiger partial charge < -0.3 is 14.2 Å². The lowest BCUT2D eigenvalue weighted by molar-refractivity contribution is -0.166. The van der Waals surface area contributed by atoms with E-state index in [0.29, 0.717) is 19.3 Å². The highest BCUT2D eigenvalue weighted by Crippen LogP contribution is 2.17. The molecule has 0 spiro atoms. The van der Waals surface area contributed by atoms with Crippen molar-refractivity contribution in [1.82, 2.24) is 0 Å². The molecule has 0 aromatic heterocycles. The summed E-state index contributed by atoms with van der Waals surface area (Å²) in [5, 5.41) is 0. The highest BCUT2D eigenvalue weighted by molar-refractivity contribution is 5.71. The van der Waals surface area contributed by atoms with Crippen LogP contribution < -0.4 is 0 Å². The van der Waals surface area contributed by atoms with E-state index in [-0.39, 0.29) is 37.5 Å². The first kappa shape index (κ1) is 75.8. The van der Waals surface area contributed by atoms with Gasteiger partial charge in [0.05, 0.1) is 0 Å². The van der Waals surface area contributed by atoms with Gasteiger partial charge in [-0.25, -0.2) is 0 Å². The monoisotopic (exact) mass is 1110 g/mol. The lowest BCUT2D eigenvalue weighted by Crippen LogP contribution is -2.30. The van der Waals surface area contributed by atoms with Crippen molar-refractivity contribution < 1.29 is 28.6 Å². The number of allylic oxidation sites excluding steroid dienone is 20. The summed E-state index contributed by atoms with van der Waals surface area (Å²) in [4.78, 5) is 38.3. The van der Waals surface area contributed by atoms with E-state index in [1.807, 2.05) is 6.08 Å². The fourth-order valence-corrected chi connectivity index (χ4v) is 9.29. The molecule has 0 fully saturated rings. The van der Waals surface area contributed by atoms with Gasteiger partial charge in [-0.3, -0.25) is 14.4 Å². The van der Waals surface area contributed by atoms with E-state index < -0.39 is 6.10 Å². The molecular weight excluding hydrogens is 985 g/mol. The third-order valence-corrected chi connectivity index (χ3v) is 14.2. The Morgan fingerprint density at radius 3 is 0.838 bits per heavy atom. The van der Waals surface area contributed by atoms with Crippen LogP contribution in [0, 0.1) is 0 Å². The summed E-state index contributed by atoms with van der Waals surface area (Å²) in [7, 11) is 0. The van der Waals surface area contributed by atoms with Gasteiger partial charge in [-0.2, -0.15) is 0 Å². The van der Waals surface area contributed by atoms with Crippen molar-refractivity contribution in [3.63, 3.8) is 0 Å². The predicted molar refractivity (Wildman–Crippen MR) is 348 cm³/mol. The molecule has 0 heterocycles. The minimum atomic E-state index is -0.816. The second-order valence-corrected chi connectivity index (χ2v) is 22.0. The van der Waals surface area contributed by atoms with Crippen LogP contribution in [-0.4, -0.2) is 37.2 Å². The zero-order valence-electron chi connectivity index (χ0n) is 52.3. The number of rotatable bonds is 60. The van der Waals surface area contributed by atoms with Gasteiger partial charge in [-0.1, -0.05) is 316 Å². The summed E-state index contributed by atoms with van der Waals surface area (Å²) < 4.78 is 16.9. The number of carbonyl (C=O) groups is 3. The summed E-state index contributed by atoms with van der Waals surface area (Å²) >= 11 is 0. The first-order valence-electron chi connectivity index (χ1n) is 33.5. The Kier molecular flexibility index (Phi) is 63.8. The molecule has 0 aliphatic heterocycles. The van der Waals surface area contributed by atoms with E-state index in [4.69, 9.17) is 14.2 Å². The van der Waals surface area contributed by atoms with Gasteiger partial charge in [0.15, 0.2) is 6.10 Å². The summed E-state index contributed by atoms with van der Waals surface area (Å²) in [5.41, 5.74) is 0. The average Bonchev–Trinajstić information content (AvgIpc) is 3.46. The maximum atomic E-state index is 12.9. The molecule has 0 bridgehead atoms. The lowest BCUT2D eigenvalue weighted by atomic mass is 10.0. The number of ether oxygens (including phenoxy) is 3. The quantitative estimate of drug-likeness (QED) is 0.0261. The maximum absolute atomic E-state index is 12.9. The molecule has 0 radical (unpaired) electrons. The molecule has 456 valence electrons. The van der Waals surface area contributed by atoms with Crippen LogP contribution in [0.15, 0.2) is 122 Å². The summed E-state index contributed by atoms with van der Waals surface area (Å²) in [6.45, 7) is 6.36. The molecule has 6 heteroatoms. The van der Waals surface area contributed by atoms with Gasteiger partial charge >= 0.3 is 17.9 Å². The van der Waals surface area contributed by atoms with Crippen molar-refractivity contribution in [3.8, 4) is 0 Å². The summed E-state index contributed by atoms with van der Waals surface area (Å²) in [5.74, 6) is -0.997. The first-order valence-corrected chi connectivity index (χ1v) is 33.5. The number of hydrogen-bond donors (Lipinski definition) is 0. The van der Waals surface area contributed by atoms with Crippen LogP contribution in [0.25, 0.3) is 0 Å². The van der Waals surface area contributed by atoms with Gasteiger partial charge in [0.25, 0.3) is 0 Å². The minimum Gasteiger partial charge on any atom is -0.462 e. The largest absolute Gasteiger partial charge is 0.462 e. The number of unbranched alkanes of at least 4 members (excludes halogenated alkanes) is 29. The van der Waals surface area contributed by atoms with Gasteiger partial charge in [-0.05, 0) is 96.3 Å². The average molecular weight is 1110 g/mol. The van der Waals surface area contributed by atoms with Gasteiger partial charge in [0, 0.05) is 19.3 Å². The molecular formula is C74H124O6. The highest BCUT2D eigenvalue weighted by atomic mass is 16.6. The number of esters is 3. The molecule has 0 saturated heterocycles. The van der Waals surface area contributed by atoms with Crippen LogP contribution >= 0.6 is 0 Å². The van der Waals surface area contributed by atoms with Gasteiger partial charge in [-0.15, -0.1) is 0 Å². The van der Waals surface area contributed by atoms with E-state index in [1.165, 1.54) is 148 Å². The predicted octanol–water partition coefficient (Wildman–Crippen LogP) is 23.2. The van der Waals surface area contributed by atoms with Crippen molar-refractivity contribution in [3.05, 3.63) is 122 Å². The molecule has 0 aromatic rings. The normalized spacial score (nSPS) is 12.9. The molecule has 1 unspecified atom stereocenters. The summed E-state index contributed by atoms with van der Waals surface area (Å²) in [6.07, 6.45) is 93.8. The Morgan fingerprint density at radius 1 is 0.263 bits per heavy atom. The smallest absolute Gasteiger partial charge is 0.306 e. The molecule has 80 heavy (non-hydrogen) atoms. The third-order valence-electron chi connectivity index (χ3n) is 14.2. The Hall–Kier alpha value is -4.19. The highest BCUT2D eigenvalue weighted by Gasteiger charge is 2.19. The Balaban J connectivity index is 4.37. The molecule has 0 amide bonds. The maximum Gasteiger partial charge on any atom is 0.306 e. The van der Waals surface area contributed by atoms with Crippen molar-refractivity contribution >= 4 is 17.9 Å². The minimum absolute atomic E-state index is 0.108. The van der Waals surface area contributed by atoms with E-state index in [0.717, 1.165) is 116 Å². The van der Waals surface area contributed by atoms with E-state index in [2.05, 4.69) is 136 Å². The van der Waals surface area contributed by atoms with Gasteiger partial charge in [0.2, 0.25) is 0 Å². The second kappa shape index (κ2) is 67.3. The molecule has 6 nitrogen and oxygen atoms in total. The SMILES string of the molecule is CC/C=C\C/C=C\C/C=C\C/C=C\C/C=C\C/C=C\CCCCCCCCC(=O)OCC(COC(=O)CC/C=C\C/C=C\C/C=C\C/C=C\CC)OC(=O)CCCCCCCCCCCCCCCCCCCCCCCCCC. The van der Waals surface area contributed by atoms with Crippen LogP contribution in [0.2, 0.25) is 0 Å². The first-order chi connectivity index (χ1) is 39.5. The van der Waals surface area contributed by atoms with Crippen LogP contribution in [-0.2, 0) is 28.6 Å². The molecule has 0 aliphatic rings. The van der Waals surface area contributed by atoms with Crippen molar-refractivity contribution in [2.24, 2.45) is 0 Å². The van der Waals surface area contributed by atoms with Crippen molar-refractivity contribution in [2.75, 3.05) is 13.2 Å². The molecule has 0 N–H and O–H groups in total. The third kappa shape index (κ3) is 64.6. The van der Waals surface area contributed by atoms with Gasteiger partial charge in [0.1, 0.15) is 13.2 Å². The standard InChI is InChI=1S/C74H124O6/c1-4-7-10-13-16-19-22-25-27-29-31-33-35-37-39-40-42-44-46-49-52-55-58-61-64-67-73(76)79-70-71(69-78-72(75)66-63-60-57-54-51-48-24-21-18-15-12-9-6-3)80-74(77)68-65-62-59-56-53-50-47-45-43-41-38-36-34-32-30-28-26-23-20-17-14-11-8-5-2/h7,9-10,12,16,18-19,21,25,27,31,33,37,39,42,44,48,51,57,60,71H,4-6,8,11,13-15,17,20,22-24,26,28-30,32,34-36,38,40-41,43,45-47,49-50,52-56,58-59,61-70H2,1-3H3/b10-7-,12-9-,19-16-,21-18-,27-25-,33-31-,39-37-,44-42-,51-48-,60-57-. The molecule has 0 aliphatic carbocycles. The Labute approximate surface area is 494 Å². The van der Waals surface area contributed by atoms with E-state index >= 15 is 0 Å². The van der Waals surface area contributed by atoms with Crippen LogP contribution in [0.1, 0.15) is 310 Å². The van der Waals surface area contributed by atoms with Crippen molar-refractivity contribution in [2.45, 2.75) is 316 Å². The molecule has 0 saturated carbocycles. The van der Waals surface area contributed by atoms with E-state index in [9.17, 15) is 14.4 Å². The number of carbonyl (C=O) groups excluding carboxylic acids is 3. The fourth-order valence-electron chi connectivity index (χ4n) is 9.29. The second-order valence-electron chi connectivity index (χ2n) is 22.0. The summed E-state index contributed by atoms with van der Waals surface area (Å²) in [6, 6.07) is 0. The van der Waals surface area contributed by atoms with E-state index in [1.54, 1.807) is 0 Å². The Bertz CT molecular complexity index is 1650. The zero-order valence-corrected chi connectivity index (χ0v) is 52.3. The van der Waals surface area contributed by atoms with Crippen molar-refractivity contribution in [1.29, 1.82) is 0 Å². The number of hydrogen-bond acceptors (Lipinski definition) is 6. The molecule has 0 aromatic carbocycles.